The number of guanidine groups is 1. The van der Waals surface area contributed by atoms with Gasteiger partial charge in [-0.25, -0.2) is 4.98 Å². The number of hydrogen-bond acceptors (Lipinski definition) is 3. The van der Waals surface area contributed by atoms with E-state index in [1.165, 1.54) is 25.2 Å². The van der Waals surface area contributed by atoms with Gasteiger partial charge >= 0.3 is 6.55 Å². The molecule has 128 valence electrons. The summed E-state index contributed by atoms with van der Waals surface area (Å²) < 4.78 is 26.5. The maximum absolute atomic E-state index is 12.8. The lowest BCUT2D eigenvalue weighted by atomic mass is 10.1. The lowest BCUT2D eigenvalue weighted by Gasteiger charge is -2.20. The second-order valence-electron chi connectivity index (χ2n) is 6.37. The monoisotopic (exact) mass is 326 g/mol. The molecule has 1 saturated heterocycles. The van der Waals surface area contributed by atoms with Crippen LogP contribution in [0.2, 0.25) is 0 Å². The fraction of sp³-hybridized carbons (Fsp3) is 0.733. The zero-order chi connectivity index (χ0) is 16.4. The first kappa shape index (κ1) is 16.2. The molecule has 3 rings (SSSR count). The molecule has 2 atom stereocenters. The van der Waals surface area contributed by atoms with Crippen molar-refractivity contribution in [3.8, 4) is 0 Å². The number of imidazole rings is 1. The Hall–Kier alpha value is -1.70. The van der Waals surface area contributed by atoms with E-state index in [1.54, 1.807) is 7.05 Å². The number of halogens is 2. The van der Waals surface area contributed by atoms with Crippen LogP contribution < -0.4 is 10.6 Å². The van der Waals surface area contributed by atoms with Crippen molar-refractivity contribution in [2.24, 2.45) is 10.9 Å². The van der Waals surface area contributed by atoms with E-state index in [2.05, 4.69) is 32.4 Å². The molecular formula is C15H24F2N6. The van der Waals surface area contributed by atoms with Crippen molar-refractivity contribution in [2.45, 2.75) is 44.9 Å². The standard InChI is InChI=1S/C15H24F2N6/c1-10-8-22(11-3-4-11)9-12(10)21-15(18-2)20-7-13-19-5-6-23(13)14(16)17/h5-6,10-12,14H,3-4,7-9H2,1-2H3,(H2,18,20,21). The van der Waals surface area contributed by atoms with Crippen LogP contribution >= 0.6 is 0 Å². The number of aliphatic imine (C=N–C) groups is 1. The minimum Gasteiger partial charge on any atom is -0.352 e. The first-order valence-corrected chi connectivity index (χ1v) is 8.09. The highest BCUT2D eigenvalue weighted by Crippen LogP contribution is 2.31. The molecule has 6 nitrogen and oxygen atoms in total. The minimum atomic E-state index is -2.58. The van der Waals surface area contributed by atoms with E-state index in [0.29, 0.717) is 23.7 Å². The van der Waals surface area contributed by atoms with Crippen LogP contribution in [0.15, 0.2) is 17.4 Å². The Morgan fingerprint density at radius 2 is 2.22 bits per heavy atom. The first-order chi connectivity index (χ1) is 11.1. The van der Waals surface area contributed by atoms with Gasteiger partial charge in [0.1, 0.15) is 5.82 Å². The normalized spacial score (nSPS) is 26.0. The van der Waals surface area contributed by atoms with E-state index >= 15 is 0 Å². The molecule has 1 aromatic rings. The second-order valence-corrected chi connectivity index (χ2v) is 6.37. The summed E-state index contributed by atoms with van der Waals surface area (Å²) in [5.41, 5.74) is 0. The van der Waals surface area contributed by atoms with E-state index < -0.39 is 6.55 Å². The number of likely N-dealkylation sites (tertiary alicyclic amines) is 1. The summed E-state index contributed by atoms with van der Waals surface area (Å²) in [6, 6.07) is 1.09. The van der Waals surface area contributed by atoms with Crippen molar-refractivity contribution >= 4 is 5.96 Å². The molecule has 1 aliphatic heterocycles. The molecule has 0 radical (unpaired) electrons. The molecule has 2 N–H and O–H groups in total. The van der Waals surface area contributed by atoms with Crippen LogP contribution in [0.3, 0.4) is 0 Å². The van der Waals surface area contributed by atoms with Gasteiger partial charge in [0.05, 0.1) is 6.54 Å². The summed E-state index contributed by atoms with van der Waals surface area (Å²) in [7, 11) is 1.69. The third-order valence-electron chi connectivity index (χ3n) is 4.62. The quantitative estimate of drug-likeness (QED) is 0.635. The first-order valence-electron chi connectivity index (χ1n) is 8.09. The Bertz CT molecular complexity index is 554. The number of aromatic nitrogens is 2. The average molecular weight is 326 g/mol. The number of rotatable bonds is 5. The third-order valence-corrected chi connectivity index (χ3v) is 4.62. The topological polar surface area (TPSA) is 57.5 Å². The number of alkyl halides is 2. The van der Waals surface area contributed by atoms with E-state index in [9.17, 15) is 8.78 Å². The van der Waals surface area contributed by atoms with Crippen LogP contribution in [-0.2, 0) is 6.54 Å². The molecule has 1 aromatic heterocycles. The number of nitrogens with one attached hydrogen (secondary N) is 2. The molecule has 0 spiro atoms. The zero-order valence-electron chi connectivity index (χ0n) is 13.5. The summed E-state index contributed by atoms with van der Waals surface area (Å²) in [6.07, 6.45) is 5.28. The third kappa shape index (κ3) is 3.80. The molecule has 0 bridgehead atoms. The average Bonchev–Trinajstić information content (AvgIpc) is 3.15. The van der Waals surface area contributed by atoms with Gasteiger partial charge in [0.25, 0.3) is 0 Å². The van der Waals surface area contributed by atoms with Crippen molar-refractivity contribution in [2.75, 3.05) is 20.1 Å². The smallest absolute Gasteiger partial charge is 0.319 e. The van der Waals surface area contributed by atoms with Crippen LogP contribution in [0.1, 0.15) is 32.1 Å². The van der Waals surface area contributed by atoms with Crippen LogP contribution in [0.4, 0.5) is 8.78 Å². The Labute approximate surface area is 135 Å². The van der Waals surface area contributed by atoms with Gasteiger partial charge in [-0.05, 0) is 18.8 Å². The summed E-state index contributed by atoms with van der Waals surface area (Å²) in [6.45, 7) is 1.99. The van der Waals surface area contributed by atoms with Gasteiger partial charge in [0.15, 0.2) is 5.96 Å². The Balaban J connectivity index is 1.53. The Kier molecular flexibility index (Phi) is 4.79. The molecule has 2 fully saturated rings. The molecule has 23 heavy (non-hydrogen) atoms. The molecule has 1 saturated carbocycles. The van der Waals surface area contributed by atoms with Gasteiger partial charge in [0, 0.05) is 44.6 Å². The molecule has 0 amide bonds. The van der Waals surface area contributed by atoms with Gasteiger partial charge in [-0.2, -0.15) is 8.78 Å². The maximum Gasteiger partial charge on any atom is 0.319 e. The summed E-state index contributed by atoms with van der Waals surface area (Å²) in [4.78, 5) is 10.7. The van der Waals surface area contributed by atoms with Crippen LogP contribution in [-0.4, -0.2) is 52.6 Å². The van der Waals surface area contributed by atoms with Crippen LogP contribution in [0.5, 0.6) is 0 Å². The highest BCUT2D eigenvalue weighted by atomic mass is 19.3. The van der Waals surface area contributed by atoms with Crippen molar-refractivity contribution in [3.05, 3.63) is 18.2 Å². The summed E-state index contributed by atoms with van der Waals surface area (Å²) >= 11 is 0. The summed E-state index contributed by atoms with van der Waals surface area (Å²) in [5.74, 6) is 1.46. The van der Waals surface area contributed by atoms with Crippen LogP contribution in [0.25, 0.3) is 0 Å². The lowest BCUT2D eigenvalue weighted by Crippen LogP contribution is -2.46. The molecule has 2 heterocycles. The molecule has 1 aliphatic carbocycles. The van der Waals surface area contributed by atoms with Gasteiger partial charge in [-0.15, -0.1) is 0 Å². The number of hydrogen-bond donors (Lipinski definition) is 2. The van der Waals surface area contributed by atoms with Gasteiger partial charge in [0.2, 0.25) is 0 Å². The molecule has 8 heteroatoms. The van der Waals surface area contributed by atoms with E-state index in [0.717, 1.165) is 23.7 Å². The minimum absolute atomic E-state index is 0.213. The Morgan fingerprint density at radius 1 is 1.43 bits per heavy atom. The van der Waals surface area contributed by atoms with Gasteiger partial charge in [-0.1, -0.05) is 6.92 Å². The Morgan fingerprint density at radius 3 is 2.87 bits per heavy atom. The van der Waals surface area contributed by atoms with Crippen LogP contribution in [0, 0.1) is 5.92 Å². The van der Waals surface area contributed by atoms with Crippen molar-refractivity contribution in [1.29, 1.82) is 0 Å². The van der Waals surface area contributed by atoms with E-state index in [4.69, 9.17) is 0 Å². The molecule has 0 aromatic carbocycles. The van der Waals surface area contributed by atoms with Crippen molar-refractivity contribution < 1.29 is 8.78 Å². The highest BCUT2D eigenvalue weighted by molar-refractivity contribution is 5.80. The fourth-order valence-corrected chi connectivity index (χ4v) is 3.12. The lowest BCUT2D eigenvalue weighted by molar-refractivity contribution is 0.0668. The largest absolute Gasteiger partial charge is 0.352 e. The molecule has 2 unspecified atom stereocenters. The van der Waals surface area contributed by atoms with Gasteiger partial charge in [-0.3, -0.25) is 14.5 Å². The van der Waals surface area contributed by atoms with E-state index in [1.807, 2.05) is 0 Å². The summed E-state index contributed by atoms with van der Waals surface area (Å²) in [5, 5.41) is 6.49. The van der Waals surface area contributed by atoms with E-state index in [-0.39, 0.29) is 6.54 Å². The molecular weight excluding hydrogens is 302 g/mol. The fourth-order valence-electron chi connectivity index (χ4n) is 3.12. The maximum atomic E-state index is 12.8. The van der Waals surface area contributed by atoms with Crippen molar-refractivity contribution in [3.63, 3.8) is 0 Å². The molecule has 2 aliphatic rings. The second kappa shape index (κ2) is 6.82. The highest BCUT2D eigenvalue weighted by Gasteiger charge is 2.38. The number of nitrogens with zero attached hydrogens (tertiary/aromatic N) is 4. The van der Waals surface area contributed by atoms with Gasteiger partial charge < -0.3 is 10.6 Å². The van der Waals surface area contributed by atoms with Crippen molar-refractivity contribution in [1.82, 2.24) is 25.1 Å². The predicted octanol–water partition coefficient (Wildman–Crippen LogP) is 1.43. The SMILES string of the molecule is CN=C(NCc1nccn1C(F)F)NC1CN(C2CC2)CC1C. The zero-order valence-corrected chi connectivity index (χ0v) is 13.5. The predicted molar refractivity (Wildman–Crippen MR) is 84.4 cm³/mol.